The van der Waals surface area contributed by atoms with E-state index >= 15 is 0 Å². The Morgan fingerprint density at radius 2 is 1.62 bits per heavy atom. The van der Waals surface area contributed by atoms with Gasteiger partial charge in [-0.3, -0.25) is 9.59 Å². The first-order valence-corrected chi connectivity index (χ1v) is 8.04. The van der Waals surface area contributed by atoms with Crippen LogP contribution >= 0.6 is 0 Å². The molecule has 1 saturated heterocycles. The summed E-state index contributed by atoms with van der Waals surface area (Å²) >= 11 is 0. The summed E-state index contributed by atoms with van der Waals surface area (Å²) in [5.41, 5.74) is 6.12. The lowest BCUT2D eigenvalue weighted by atomic mass is 10.0. The first kappa shape index (κ1) is 16.1. The fourth-order valence-corrected chi connectivity index (χ4v) is 2.86. The molecule has 1 heterocycles. The maximum atomic E-state index is 12.6. The largest absolute Gasteiger partial charge is 0.490 e. The molecule has 0 radical (unpaired) electrons. The van der Waals surface area contributed by atoms with E-state index in [4.69, 9.17) is 10.5 Å². The first-order chi connectivity index (χ1) is 11.6. The average Bonchev–Trinajstić information content (AvgIpc) is 2.63. The Kier molecular flexibility index (Phi) is 4.79. The predicted molar refractivity (Wildman–Crippen MR) is 91.0 cm³/mol. The van der Waals surface area contributed by atoms with Crippen LogP contribution in [0.2, 0.25) is 0 Å². The summed E-state index contributed by atoms with van der Waals surface area (Å²) in [6, 6.07) is 16.3. The van der Waals surface area contributed by atoms with Gasteiger partial charge in [0.15, 0.2) is 0 Å². The Morgan fingerprint density at radius 3 is 2.29 bits per heavy atom. The van der Waals surface area contributed by atoms with Gasteiger partial charge in [0.2, 0.25) is 5.91 Å². The molecule has 1 aliphatic heterocycles. The number of amides is 2. The summed E-state index contributed by atoms with van der Waals surface area (Å²) in [7, 11) is 0. The van der Waals surface area contributed by atoms with E-state index < -0.39 is 5.91 Å². The zero-order chi connectivity index (χ0) is 16.9. The molecule has 124 valence electrons. The van der Waals surface area contributed by atoms with Gasteiger partial charge in [-0.15, -0.1) is 0 Å². The number of primary amides is 1. The minimum atomic E-state index is -0.528. The number of nitrogens with zero attached hydrogens (tertiary/aromatic N) is 1. The van der Waals surface area contributed by atoms with Gasteiger partial charge in [-0.25, -0.2) is 0 Å². The second-order valence-corrected chi connectivity index (χ2v) is 5.87. The van der Waals surface area contributed by atoms with E-state index in [1.807, 2.05) is 30.3 Å². The van der Waals surface area contributed by atoms with E-state index in [0.717, 1.165) is 18.6 Å². The van der Waals surface area contributed by atoms with E-state index in [0.29, 0.717) is 24.2 Å². The third-order valence-corrected chi connectivity index (χ3v) is 4.17. The van der Waals surface area contributed by atoms with Crippen LogP contribution < -0.4 is 10.5 Å². The van der Waals surface area contributed by atoms with Gasteiger partial charge in [0, 0.05) is 37.1 Å². The Hall–Kier alpha value is -2.82. The smallest absolute Gasteiger partial charge is 0.253 e. The molecule has 24 heavy (non-hydrogen) atoms. The van der Waals surface area contributed by atoms with Crippen molar-refractivity contribution in [2.24, 2.45) is 5.73 Å². The van der Waals surface area contributed by atoms with Crippen LogP contribution in [0.3, 0.4) is 0 Å². The Balaban J connectivity index is 1.59. The second-order valence-electron chi connectivity index (χ2n) is 5.87. The molecule has 1 aliphatic rings. The fraction of sp³-hybridized carbons (Fsp3) is 0.263. The molecule has 0 bridgehead atoms. The third-order valence-electron chi connectivity index (χ3n) is 4.17. The standard InChI is InChI=1S/C19H20N2O3/c20-18(22)14-5-4-6-15(13-14)19(23)21-11-9-17(10-12-21)24-16-7-2-1-3-8-16/h1-8,13,17H,9-12H2,(H2,20,22). The maximum absolute atomic E-state index is 12.6. The van der Waals surface area contributed by atoms with E-state index in [1.165, 1.54) is 0 Å². The molecule has 5 heteroatoms. The SMILES string of the molecule is NC(=O)c1cccc(C(=O)N2CCC(Oc3ccccc3)CC2)c1. The van der Waals surface area contributed by atoms with Crippen molar-refractivity contribution in [2.75, 3.05) is 13.1 Å². The number of benzene rings is 2. The number of nitrogens with two attached hydrogens (primary N) is 1. The Labute approximate surface area is 141 Å². The highest BCUT2D eigenvalue weighted by Gasteiger charge is 2.25. The molecule has 0 atom stereocenters. The summed E-state index contributed by atoms with van der Waals surface area (Å²) < 4.78 is 5.94. The van der Waals surface area contributed by atoms with Gasteiger partial charge in [0.05, 0.1) is 0 Å². The highest BCUT2D eigenvalue weighted by Crippen LogP contribution is 2.20. The van der Waals surface area contributed by atoms with Crippen LogP contribution in [0.1, 0.15) is 33.6 Å². The van der Waals surface area contributed by atoms with Crippen LogP contribution in [0, 0.1) is 0 Å². The monoisotopic (exact) mass is 324 g/mol. The molecule has 0 unspecified atom stereocenters. The number of rotatable bonds is 4. The van der Waals surface area contributed by atoms with Gasteiger partial charge in [-0.2, -0.15) is 0 Å². The number of likely N-dealkylation sites (tertiary alicyclic amines) is 1. The van der Waals surface area contributed by atoms with E-state index in [2.05, 4.69) is 0 Å². The topological polar surface area (TPSA) is 72.6 Å². The maximum Gasteiger partial charge on any atom is 0.253 e. The van der Waals surface area contributed by atoms with Gasteiger partial charge in [0.1, 0.15) is 11.9 Å². The molecule has 2 aromatic carbocycles. The molecule has 2 N–H and O–H groups in total. The highest BCUT2D eigenvalue weighted by atomic mass is 16.5. The van der Waals surface area contributed by atoms with Crippen LogP contribution in [0.15, 0.2) is 54.6 Å². The van der Waals surface area contributed by atoms with Crippen LogP contribution in [-0.4, -0.2) is 35.9 Å². The van der Waals surface area contributed by atoms with Gasteiger partial charge < -0.3 is 15.4 Å². The van der Waals surface area contributed by atoms with E-state index in [1.54, 1.807) is 29.2 Å². The average molecular weight is 324 g/mol. The van der Waals surface area contributed by atoms with Gasteiger partial charge >= 0.3 is 0 Å². The van der Waals surface area contributed by atoms with Crippen LogP contribution in [0.5, 0.6) is 5.75 Å². The minimum Gasteiger partial charge on any atom is -0.490 e. The molecule has 0 saturated carbocycles. The van der Waals surface area contributed by atoms with Crippen molar-refractivity contribution in [1.82, 2.24) is 4.90 Å². The number of hydrogen-bond acceptors (Lipinski definition) is 3. The van der Waals surface area contributed by atoms with Crippen LogP contribution in [0.4, 0.5) is 0 Å². The van der Waals surface area contributed by atoms with Gasteiger partial charge in [-0.05, 0) is 30.3 Å². The summed E-state index contributed by atoms with van der Waals surface area (Å²) in [4.78, 5) is 25.6. The Morgan fingerprint density at radius 1 is 0.958 bits per heavy atom. The van der Waals surface area contributed by atoms with Gasteiger partial charge in [0.25, 0.3) is 5.91 Å². The lowest BCUT2D eigenvalue weighted by molar-refractivity contribution is 0.0595. The van der Waals surface area contributed by atoms with Crippen molar-refractivity contribution >= 4 is 11.8 Å². The van der Waals surface area contributed by atoms with Crippen molar-refractivity contribution < 1.29 is 14.3 Å². The molecule has 5 nitrogen and oxygen atoms in total. The third kappa shape index (κ3) is 3.74. The second kappa shape index (κ2) is 7.17. The fourth-order valence-electron chi connectivity index (χ4n) is 2.86. The first-order valence-electron chi connectivity index (χ1n) is 8.04. The summed E-state index contributed by atoms with van der Waals surface area (Å²) in [5, 5.41) is 0. The molecule has 1 fully saturated rings. The van der Waals surface area contributed by atoms with Crippen molar-refractivity contribution in [3.63, 3.8) is 0 Å². The zero-order valence-electron chi connectivity index (χ0n) is 13.4. The molecular weight excluding hydrogens is 304 g/mol. The lowest BCUT2D eigenvalue weighted by Gasteiger charge is -2.32. The molecule has 0 aliphatic carbocycles. The number of piperidine rings is 1. The number of ether oxygens (including phenoxy) is 1. The molecule has 2 amide bonds. The van der Waals surface area contributed by atoms with E-state index in [9.17, 15) is 9.59 Å². The van der Waals surface area contributed by atoms with Crippen LogP contribution in [0.25, 0.3) is 0 Å². The quantitative estimate of drug-likeness (QED) is 0.939. The zero-order valence-corrected chi connectivity index (χ0v) is 13.4. The lowest BCUT2D eigenvalue weighted by Crippen LogP contribution is -2.41. The minimum absolute atomic E-state index is 0.0729. The summed E-state index contributed by atoms with van der Waals surface area (Å²) in [6.07, 6.45) is 1.69. The molecular formula is C19H20N2O3. The molecule has 3 rings (SSSR count). The van der Waals surface area contributed by atoms with E-state index in [-0.39, 0.29) is 12.0 Å². The van der Waals surface area contributed by atoms with Crippen molar-refractivity contribution in [1.29, 1.82) is 0 Å². The highest BCUT2D eigenvalue weighted by molar-refractivity contribution is 5.99. The summed E-state index contributed by atoms with van der Waals surface area (Å²) in [5.74, 6) is 0.257. The van der Waals surface area contributed by atoms with Crippen molar-refractivity contribution in [2.45, 2.75) is 18.9 Å². The van der Waals surface area contributed by atoms with Crippen LogP contribution in [-0.2, 0) is 0 Å². The number of hydrogen-bond donors (Lipinski definition) is 1. The molecule has 0 aromatic heterocycles. The van der Waals surface area contributed by atoms with Crippen molar-refractivity contribution in [3.05, 3.63) is 65.7 Å². The molecule has 0 spiro atoms. The Bertz CT molecular complexity index is 722. The van der Waals surface area contributed by atoms with Gasteiger partial charge in [-0.1, -0.05) is 24.3 Å². The summed E-state index contributed by atoms with van der Waals surface area (Å²) in [6.45, 7) is 1.27. The number of carbonyl (C=O) groups is 2. The number of carbonyl (C=O) groups excluding carboxylic acids is 2. The normalized spacial score (nSPS) is 15.1. The number of para-hydroxylation sites is 1. The molecule has 2 aromatic rings. The van der Waals surface area contributed by atoms with Crippen molar-refractivity contribution in [3.8, 4) is 5.75 Å². The predicted octanol–water partition coefficient (Wildman–Crippen LogP) is 2.47.